The fourth-order valence-electron chi connectivity index (χ4n) is 2.41. The number of morpholine rings is 1. The molecule has 0 N–H and O–H groups in total. The Bertz CT molecular complexity index is 459. The van der Waals surface area contributed by atoms with E-state index >= 15 is 0 Å². The Balaban J connectivity index is 0.00000147. The van der Waals surface area contributed by atoms with Gasteiger partial charge in [-0.2, -0.15) is 0 Å². The summed E-state index contributed by atoms with van der Waals surface area (Å²) in [5.74, 6) is 0. The third-order valence-electron chi connectivity index (χ3n) is 3.48. The van der Waals surface area contributed by atoms with E-state index in [0.717, 1.165) is 55.6 Å². The molecule has 0 saturated carbocycles. The molecular weight excluding hydrogens is 299 g/mol. The van der Waals surface area contributed by atoms with E-state index in [4.69, 9.17) is 21.2 Å². The summed E-state index contributed by atoms with van der Waals surface area (Å²) < 4.78 is 5.34. The molecular formula is C14H18Cl2N2O2. The Kier molecular flexibility index (Phi) is 5.66. The Morgan fingerprint density at radius 2 is 1.90 bits per heavy atom. The lowest BCUT2D eigenvalue weighted by Gasteiger charge is -2.27. The number of rotatable bonds is 3. The van der Waals surface area contributed by atoms with Crippen LogP contribution in [0, 0.1) is 0 Å². The van der Waals surface area contributed by atoms with Crippen molar-refractivity contribution in [1.82, 2.24) is 4.90 Å². The van der Waals surface area contributed by atoms with E-state index < -0.39 is 0 Å². The van der Waals surface area contributed by atoms with Gasteiger partial charge in [0, 0.05) is 31.1 Å². The first-order valence-electron chi connectivity index (χ1n) is 6.60. The number of halogens is 2. The van der Waals surface area contributed by atoms with Gasteiger partial charge in [0.25, 0.3) is 0 Å². The molecule has 1 aromatic rings. The van der Waals surface area contributed by atoms with Gasteiger partial charge >= 0.3 is 0 Å². The van der Waals surface area contributed by atoms with Crippen molar-refractivity contribution < 1.29 is 9.57 Å². The van der Waals surface area contributed by atoms with E-state index in [2.05, 4.69) is 10.1 Å². The van der Waals surface area contributed by atoms with E-state index in [-0.39, 0.29) is 18.5 Å². The molecule has 1 aromatic carbocycles. The van der Waals surface area contributed by atoms with Gasteiger partial charge in [0.05, 0.1) is 18.9 Å². The summed E-state index contributed by atoms with van der Waals surface area (Å²) in [5.41, 5.74) is 2.10. The number of oxime groups is 1. The molecule has 0 bridgehead atoms. The normalized spacial score (nSPS) is 22.9. The molecule has 0 radical (unpaired) electrons. The average Bonchev–Trinajstić information content (AvgIpc) is 2.89. The highest BCUT2D eigenvalue weighted by molar-refractivity contribution is 6.30. The number of hydrogen-bond donors (Lipinski definition) is 0. The summed E-state index contributed by atoms with van der Waals surface area (Å²) in [6.07, 6.45) is 1.02. The van der Waals surface area contributed by atoms with E-state index in [1.807, 2.05) is 24.3 Å². The van der Waals surface area contributed by atoms with Gasteiger partial charge in [-0.15, -0.1) is 12.4 Å². The van der Waals surface area contributed by atoms with Gasteiger partial charge in [-0.1, -0.05) is 28.9 Å². The standard InChI is InChI=1S/C14H17ClN2O2.ClH/c15-12-3-1-11(2-4-12)14-9-13(19-16-14)10-17-5-7-18-8-6-17;/h1-4,13H,5-10H2;1H. The van der Waals surface area contributed by atoms with Crippen LogP contribution in [0.2, 0.25) is 5.02 Å². The molecule has 0 aliphatic carbocycles. The van der Waals surface area contributed by atoms with Crippen molar-refractivity contribution in [3.63, 3.8) is 0 Å². The van der Waals surface area contributed by atoms with Crippen molar-refractivity contribution in [1.29, 1.82) is 0 Å². The minimum atomic E-state index is 0. The Morgan fingerprint density at radius 3 is 2.60 bits per heavy atom. The lowest BCUT2D eigenvalue weighted by molar-refractivity contribution is -0.0000387. The quantitative estimate of drug-likeness (QED) is 0.859. The third-order valence-corrected chi connectivity index (χ3v) is 3.73. The van der Waals surface area contributed by atoms with Crippen LogP contribution in [0.1, 0.15) is 12.0 Å². The van der Waals surface area contributed by atoms with Gasteiger partial charge in [0.1, 0.15) is 6.10 Å². The molecule has 1 atom stereocenters. The minimum Gasteiger partial charge on any atom is -0.390 e. The smallest absolute Gasteiger partial charge is 0.145 e. The van der Waals surface area contributed by atoms with Crippen molar-refractivity contribution >= 4 is 29.7 Å². The van der Waals surface area contributed by atoms with Crippen molar-refractivity contribution in [2.24, 2.45) is 5.16 Å². The van der Waals surface area contributed by atoms with Crippen molar-refractivity contribution in [2.45, 2.75) is 12.5 Å². The summed E-state index contributed by atoms with van der Waals surface area (Å²) in [7, 11) is 0. The van der Waals surface area contributed by atoms with E-state index in [9.17, 15) is 0 Å². The fraction of sp³-hybridized carbons (Fsp3) is 0.500. The van der Waals surface area contributed by atoms with Crippen molar-refractivity contribution in [2.75, 3.05) is 32.8 Å². The van der Waals surface area contributed by atoms with Gasteiger partial charge in [-0.25, -0.2) is 0 Å². The van der Waals surface area contributed by atoms with Crippen molar-refractivity contribution in [3.05, 3.63) is 34.9 Å². The monoisotopic (exact) mass is 316 g/mol. The Hall–Kier alpha value is -0.810. The zero-order valence-corrected chi connectivity index (χ0v) is 12.7. The molecule has 2 aliphatic rings. The molecule has 110 valence electrons. The highest BCUT2D eigenvalue weighted by atomic mass is 35.5. The minimum absolute atomic E-state index is 0. The Labute approximate surface area is 130 Å². The SMILES string of the molecule is Cl.Clc1ccc(C2=NOC(CN3CCOCC3)C2)cc1. The molecule has 1 unspecified atom stereocenters. The summed E-state index contributed by atoms with van der Waals surface area (Å²) in [6, 6.07) is 7.74. The topological polar surface area (TPSA) is 34.1 Å². The van der Waals surface area contributed by atoms with Crippen LogP contribution < -0.4 is 0 Å². The predicted molar refractivity (Wildman–Crippen MR) is 82.0 cm³/mol. The molecule has 2 heterocycles. The van der Waals surface area contributed by atoms with Crippen LogP contribution in [0.25, 0.3) is 0 Å². The summed E-state index contributed by atoms with van der Waals surface area (Å²) >= 11 is 5.89. The van der Waals surface area contributed by atoms with Gasteiger partial charge in [0.15, 0.2) is 0 Å². The lowest BCUT2D eigenvalue weighted by atomic mass is 10.0. The second-order valence-corrected chi connectivity index (χ2v) is 5.33. The lowest BCUT2D eigenvalue weighted by Crippen LogP contribution is -2.41. The maximum absolute atomic E-state index is 5.89. The molecule has 6 heteroatoms. The highest BCUT2D eigenvalue weighted by Crippen LogP contribution is 2.19. The molecule has 0 aromatic heterocycles. The molecule has 20 heavy (non-hydrogen) atoms. The van der Waals surface area contributed by atoms with Gasteiger partial charge in [-0.3, -0.25) is 4.90 Å². The van der Waals surface area contributed by atoms with Crippen LogP contribution in [0.15, 0.2) is 29.4 Å². The largest absolute Gasteiger partial charge is 0.390 e. The van der Waals surface area contributed by atoms with Gasteiger partial charge in [-0.05, 0) is 17.7 Å². The van der Waals surface area contributed by atoms with Crippen molar-refractivity contribution in [3.8, 4) is 0 Å². The highest BCUT2D eigenvalue weighted by Gasteiger charge is 2.25. The zero-order chi connectivity index (χ0) is 13.1. The molecule has 3 rings (SSSR count). The van der Waals surface area contributed by atoms with Crippen LogP contribution in [-0.2, 0) is 9.57 Å². The average molecular weight is 317 g/mol. The van der Waals surface area contributed by atoms with Crippen LogP contribution in [0.4, 0.5) is 0 Å². The summed E-state index contributed by atoms with van der Waals surface area (Å²) in [5, 5.41) is 4.94. The summed E-state index contributed by atoms with van der Waals surface area (Å²) in [6.45, 7) is 4.52. The van der Waals surface area contributed by atoms with Gasteiger partial charge < -0.3 is 9.57 Å². The fourth-order valence-corrected chi connectivity index (χ4v) is 2.54. The molecule has 1 fully saturated rings. The molecule has 0 amide bonds. The predicted octanol–water partition coefficient (Wildman–Crippen LogP) is 2.59. The molecule has 2 aliphatic heterocycles. The molecule has 1 saturated heterocycles. The first-order valence-corrected chi connectivity index (χ1v) is 6.98. The number of hydrogen-bond acceptors (Lipinski definition) is 4. The first kappa shape index (κ1) is 15.6. The third kappa shape index (κ3) is 3.85. The second-order valence-electron chi connectivity index (χ2n) is 4.89. The molecule has 0 spiro atoms. The van der Waals surface area contributed by atoms with Crippen LogP contribution >= 0.6 is 24.0 Å². The van der Waals surface area contributed by atoms with E-state index in [1.165, 1.54) is 0 Å². The second kappa shape index (κ2) is 7.27. The first-order chi connectivity index (χ1) is 9.31. The Morgan fingerprint density at radius 1 is 1.20 bits per heavy atom. The van der Waals surface area contributed by atoms with E-state index in [0.29, 0.717) is 0 Å². The number of nitrogens with zero attached hydrogens (tertiary/aromatic N) is 2. The maximum atomic E-state index is 5.89. The maximum Gasteiger partial charge on any atom is 0.145 e. The van der Waals surface area contributed by atoms with E-state index in [1.54, 1.807) is 0 Å². The van der Waals surface area contributed by atoms with Gasteiger partial charge in [0.2, 0.25) is 0 Å². The molecule has 4 nitrogen and oxygen atoms in total. The van der Waals surface area contributed by atoms with Crippen LogP contribution in [0.5, 0.6) is 0 Å². The number of benzene rings is 1. The van der Waals surface area contributed by atoms with Crippen LogP contribution in [0.3, 0.4) is 0 Å². The van der Waals surface area contributed by atoms with Crippen LogP contribution in [-0.4, -0.2) is 49.6 Å². The zero-order valence-electron chi connectivity index (χ0n) is 11.1. The number of ether oxygens (including phenoxy) is 1. The summed E-state index contributed by atoms with van der Waals surface area (Å²) in [4.78, 5) is 7.89.